The van der Waals surface area contributed by atoms with Gasteiger partial charge in [0.05, 0.1) is 12.6 Å². The van der Waals surface area contributed by atoms with E-state index < -0.39 is 0 Å². The molecule has 0 radical (unpaired) electrons. The summed E-state index contributed by atoms with van der Waals surface area (Å²) in [5.41, 5.74) is 0. The monoisotopic (exact) mass is 280 g/mol. The highest BCUT2D eigenvalue weighted by Crippen LogP contribution is 2.13. The van der Waals surface area contributed by atoms with Gasteiger partial charge in [-0.05, 0) is 25.3 Å². The molecule has 0 aliphatic carbocycles. The van der Waals surface area contributed by atoms with Crippen molar-refractivity contribution in [2.24, 2.45) is 0 Å². The first-order valence-electron chi connectivity index (χ1n) is 7.41. The Morgan fingerprint density at radius 3 is 3.20 bits per heavy atom. The predicted molar refractivity (Wildman–Crippen MR) is 76.5 cm³/mol. The molecule has 1 aliphatic heterocycles. The molecule has 0 bridgehead atoms. The summed E-state index contributed by atoms with van der Waals surface area (Å²) in [4.78, 5) is 13.9. The summed E-state index contributed by atoms with van der Waals surface area (Å²) in [5.74, 6) is 0. The lowest BCUT2D eigenvalue weighted by Crippen LogP contribution is -2.48. The van der Waals surface area contributed by atoms with E-state index >= 15 is 0 Å². The van der Waals surface area contributed by atoms with Crippen LogP contribution in [0.2, 0.25) is 0 Å². The quantitative estimate of drug-likeness (QED) is 0.858. The van der Waals surface area contributed by atoms with E-state index in [0.29, 0.717) is 19.6 Å². The Balaban J connectivity index is 1.68. The Morgan fingerprint density at radius 1 is 1.55 bits per heavy atom. The van der Waals surface area contributed by atoms with Crippen LogP contribution in [0.3, 0.4) is 0 Å². The molecule has 0 aromatic carbocycles. The van der Waals surface area contributed by atoms with Crippen LogP contribution in [0, 0.1) is 0 Å². The van der Waals surface area contributed by atoms with Crippen LogP contribution >= 0.6 is 0 Å². The number of nitrogens with one attached hydrogen (secondary N) is 1. The Kier molecular flexibility index (Phi) is 5.86. The highest BCUT2D eigenvalue weighted by Gasteiger charge is 2.23. The number of urea groups is 1. The minimum absolute atomic E-state index is 0.00181. The molecule has 1 aromatic heterocycles. The van der Waals surface area contributed by atoms with Crippen molar-refractivity contribution in [3.63, 3.8) is 0 Å². The van der Waals surface area contributed by atoms with Crippen molar-refractivity contribution in [2.45, 2.75) is 38.8 Å². The molecule has 1 aromatic rings. The van der Waals surface area contributed by atoms with Gasteiger partial charge in [0.2, 0.25) is 0 Å². The molecule has 1 fully saturated rings. The van der Waals surface area contributed by atoms with E-state index in [2.05, 4.69) is 17.3 Å². The van der Waals surface area contributed by atoms with Crippen molar-refractivity contribution in [1.29, 1.82) is 0 Å². The lowest BCUT2D eigenvalue weighted by molar-refractivity contribution is 0.0100. The lowest BCUT2D eigenvalue weighted by atomic mass is 10.1. The fourth-order valence-corrected chi connectivity index (χ4v) is 2.37. The first-order chi connectivity index (χ1) is 9.79. The average Bonchev–Trinajstić information content (AvgIpc) is 2.98. The maximum Gasteiger partial charge on any atom is 0.317 e. The van der Waals surface area contributed by atoms with E-state index in [0.717, 1.165) is 32.4 Å². The Labute approximate surface area is 120 Å². The van der Waals surface area contributed by atoms with Gasteiger partial charge in [-0.1, -0.05) is 6.92 Å². The van der Waals surface area contributed by atoms with Crippen molar-refractivity contribution >= 4 is 6.03 Å². The fourth-order valence-electron chi connectivity index (χ4n) is 2.37. The van der Waals surface area contributed by atoms with Crippen LogP contribution in [0.25, 0.3) is 0 Å². The van der Waals surface area contributed by atoms with Crippen molar-refractivity contribution in [3.05, 3.63) is 18.5 Å². The molecule has 1 saturated heterocycles. The van der Waals surface area contributed by atoms with Gasteiger partial charge in [-0.15, -0.1) is 0 Å². The van der Waals surface area contributed by atoms with Gasteiger partial charge in [-0.25, -0.2) is 4.79 Å². The topological polar surface area (TPSA) is 59.4 Å². The summed E-state index contributed by atoms with van der Waals surface area (Å²) in [6.07, 6.45) is 6.91. The number of aromatic nitrogens is 2. The second-order valence-electron chi connectivity index (χ2n) is 5.08. The maximum absolute atomic E-state index is 12.1. The van der Waals surface area contributed by atoms with Crippen LogP contribution in [0.1, 0.15) is 26.2 Å². The van der Waals surface area contributed by atoms with Crippen LogP contribution in [0.5, 0.6) is 0 Å². The average molecular weight is 280 g/mol. The zero-order chi connectivity index (χ0) is 14.2. The number of piperidine rings is 1. The van der Waals surface area contributed by atoms with E-state index in [9.17, 15) is 4.79 Å². The maximum atomic E-state index is 12.1. The van der Waals surface area contributed by atoms with Gasteiger partial charge in [0.1, 0.15) is 0 Å². The third kappa shape index (κ3) is 4.52. The number of amides is 2. The molecule has 1 N–H and O–H groups in total. The molecule has 2 heterocycles. The summed E-state index contributed by atoms with van der Waals surface area (Å²) >= 11 is 0. The van der Waals surface area contributed by atoms with Gasteiger partial charge in [0.15, 0.2) is 0 Å². The lowest BCUT2D eigenvalue weighted by Gasteiger charge is -2.32. The summed E-state index contributed by atoms with van der Waals surface area (Å²) < 4.78 is 7.55. The third-order valence-corrected chi connectivity index (χ3v) is 3.40. The molecule has 2 amide bonds. The largest absolute Gasteiger partial charge is 0.376 e. The summed E-state index contributed by atoms with van der Waals surface area (Å²) in [6, 6.07) is 1.88. The molecule has 112 valence electrons. The second-order valence-corrected chi connectivity index (χ2v) is 5.08. The molecule has 0 unspecified atom stereocenters. The van der Waals surface area contributed by atoms with Crippen LogP contribution in [0.15, 0.2) is 18.5 Å². The minimum atomic E-state index is 0.00181. The molecule has 6 heteroatoms. The fraction of sp³-hybridized carbons (Fsp3) is 0.714. The third-order valence-electron chi connectivity index (χ3n) is 3.40. The van der Waals surface area contributed by atoms with E-state index in [4.69, 9.17) is 4.74 Å². The molecule has 1 aliphatic rings. The highest BCUT2D eigenvalue weighted by molar-refractivity contribution is 5.74. The van der Waals surface area contributed by atoms with E-state index in [1.807, 2.05) is 21.8 Å². The Hall–Kier alpha value is -1.56. The first kappa shape index (κ1) is 14.8. The Morgan fingerprint density at radius 2 is 2.45 bits per heavy atom. The van der Waals surface area contributed by atoms with Crippen molar-refractivity contribution in [1.82, 2.24) is 20.0 Å². The molecule has 0 spiro atoms. The van der Waals surface area contributed by atoms with Gasteiger partial charge in [-0.3, -0.25) is 4.68 Å². The van der Waals surface area contributed by atoms with E-state index in [1.165, 1.54) is 0 Å². The van der Waals surface area contributed by atoms with Crippen molar-refractivity contribution < 1.29 is 9.53 Å². The number of nitrogens with zero attached hydrogens (tertiary/aromatic N) is 3. The number of carbonyl (C=O) groups excluding carboxylic acids is 1. The van der Waals surface area contributed by atoms with E-state index in [-0.39, 0.29) is 12.1 Å². The second kappa shape index (κ2) is 7.89. The van der Waals surface area contributed by atoms with Crippen molar-refractivity contribution in [2.75, 3.05) is 26.2 Å². The molecular formula is C14H24N4O2. The van der Waals surface area contributed by atoms with E-state index in [1.54, 1.807) is 6.20 Å². The molecule has 1 atom stereocenters. The number of hydrogen-bond donors (Lipinski definition) is 1. The van der Waals surface area contributed by atoms with Gasteiger partial charge in [-0.2, -0.15) is 5.10 Å². The highest BCUT2D eigenvalue weighted by atomic mass is 16.5. The number of ether oxygens (including phenoxy) is 1. The van der Waals surface area contributed by atoms with Gasteiger partial charge >= 0.3 is 6.03 Å². The normalized spacial score (nSPS) is 19.1. The molecule has 20 heavy (non-hydrogen) atoms. The number of rotatable bonds is 6. The summed E-state index contributed by atoms with van der Waals surface area (Å²) in [6.45, 7) is 5.69. The van der Waals surface area contributed by atoms with Crippen LogP contribution in [0.4, 0.5) is 4.79 Å². The zero-order valence-electron chi connectivity index (χ0n) is 12.1. The van der Waals surface area contributed by atoms with Gasteiger partial charge in [0, 0.05) is 38.6 Å². The summed E-state index contributed by atoms with van der Waals surface area (Å²) in [7, 11) is 0. The molecule has 0 saturated carbocycles. The van der Waals surface area contributed by atoms with Crippen molar-refractivity contribution in [3.8, 4) is 0 Å². The smallest absolute Gasteiger partial charge is 0.317 e. The Bertz CT molecular complexity index is 394. The molecular weight excluding hydrogens is 256 g/mol. The minimum Gasteiger partial charge on any atom is -0.376 e. The van der Waals surface area contributed by atoms with Crippen LogP contribution in [-0.2, 0) is 11.3 Å². The predicted octanol–water partition coefficient (Wildman–Crippen LogP) is 1.48. The standard InChI is InChI=1S/C14H24N4O2/c1-2-11-20-13-5-3-8-17(12-13)14(19)15-7-10-18-9-4-6-16-18/h4,6,9,13H,2-3,5,7-8,10-12H2,1H3,(H,15,19)/t13-/m1/s1. The zero-order valence-corrected chi connectivity index (χ0v) is 12.1. The number of carbonyl (C=O) groups is 1. The summed E-state index contributed by atoms with van der Waals surface area (Å²) in [5, 5.41) is 7.04. The van der Waals surface area contributed by atoms with Crippen LogP contribution < -0.4 is 5.32 Å². The number of likely N-dealkylation sites (tertiary alicyclic amines) is 1. The SMILES string of the molecule is CCCO[C@@H]1CCCN(C(=O)NCCn2cccn2)C1. The van der Waals surface area contributed by atoms with Crippen LogP contribution in [-0.4, -0.2) is 53.1 Å². The van der Waals surface area contributed by atoms with Gasteiger partial charge < -0.3 is 15.0 Å². The number of hydrogen-bond acceptors (Lipinski definition) is 3. The molecule has 6 nitrogen and oxygen atoms in total. The first-order valence-corrected chi connectivity index (χ1v) is 7.41. The van der Waals surface area contributed by atoms with Gasteiger partial charge in [0.25, 0.3) is 0 Å². The molecule has 2 rings (SSSR count).